The maximum absolute atomic E-state index is 13.0. The summed E-state index contributed by atoms with van der Waals surface area (Å²) in [6.07, 6.45) is 0.888. The first kappa shape index (κ1) is 17.4. The minimum atomic E-state index is -0.797. The number of likely N-dealkylation sites (N-methyl/N-ethyl adjacent to an activating group) is 1. The van der Waals surface area contributed by atoms with Crippen LogP contribution >= 0.6 is 0 Å². The van der Waals surface area contributed by atoms with Gasteiger partial charge in [0.25, 0.3) is 5.91 Å². The van der Waals surface area contributed by atoms with Crippen LogP contribution in [0.5, 0.6) is 0 Å². The van der Waals surface area contributed by atoms with Crippen molar-refractivity contribution in [1.82, 2.24) is 15.5 Å². The number of carbonyl (C=O) groups excluding carboxylic acids is 3. The molecule has 0 spiro atoms. The van der Waals surface area contributed by atoms with E-state index in [1.165, 1.54) is 4.90 Å². The second-order valence-corrected chi connectivity index (χ2v) is 6.85. The quantitative estimate of drug-likeness (QED) is 0.824. The summed E-state index contributed by atoms with van der Waals surface area (Å²) >= 11 is 0. The van der Waals surface area contributed by atoms with Crippen LogP contribution in [0.3, 0.4) is 0 Å². The first-order valence-electron chi connectivity index (χ1n) is 8.56. The van der Waals surface area contributed by atoms with Gasteiger partial charge in [-0.15, -0.1) is 0 Å². The van der Waals surface area contributed by atoms with Gasteiger partial charge in [0.2, 0.25) is 11.8 Å². The Morgan fingerprint density at radius 1 is 1.32 bits per heavy atom. The zero-order valence-corrected chi connectivity index (χ0v) is 14.8. The molecule has 1 saturated heterocycles. The fourth-order valence-corrected chi connectivity index (χ4v) is 3.51. The summed E-state index contributed by atoms with van der Waals surface area (Å²) < 4.78 is 0. The minimum absolute atomic E-state index is 0.0170. The Balaban J connectivity index is 1.88. The van der Waals surface area contributed by atoms with Crippen molar-refractivity contribution in [3.63, 3.8) is 0 Å². The number of benzene rings is 1. The van der Waals surface area contributed by atoms with Crippen LogP contribution in [0.25, 0.3) is 0 Å². The summed E-state index contributed by atoms with van der Waals surface area (Å²) in [5, 5.41) is 5.88. The van der Waals surface area contributed by atoms with E-state index < -0.39 is 5.66 Å². The number of anilines is 1. The predicted molar refractivity (Wildman–Crippen MR) is 94.1 cm³/mol. The minimum Gasteiger partial charge on any atom is -0.353 e. The van der Waals surface area contributed by atoms with Crippen LogP contribution in [0.1, 0.15) is 37.0 Å². The lowest BCUT2D eigenvalue weighted by atomic mass is 9.98. The van der Waals surface area contributed by atoms with Crippen LogP contribution < -0.4 is 15.5 Å². The van der Waals surface area contributed by atoms with Crippen LogP contribution in [0.15, 0.2) is 24.3 Å². The number of amides is 3. The molecule has 1 aromatic rings. The maximum Gasteiger partial charge on any atom is 0.258 e. The monoisotopic (exact) mass is 344 g/mol. The Bertz CT molecular complexity index is 720. The molecule has 0 bridgehead atoms. The molecule has 134 valence electrons. The van der Waals surface area contributed by atoms with E-state index in [1.807, 2.05) is 27.0 Å². The number of nitrogens with one attached hydrogen (secondary N) is 2. The molecule has 3 rings (SSSR count). The number of hydrogen-bond acceptors (Lipinski definition) is 4. The molecule has 2 aliphatic rings. The van der Waals surface area contributed by atoms with Gasteiger partial charge < -0.3 is 15.5 Å². The van der Waals surface area contributed by atoms with Crippen LogP contribution in [-0.4, -0.2) is 54.5 Å². The molecular formula is C18H24N4O3. The maximum atomic E-state index is 13.0. The number of para-hydroxylation sites is 1. The van der Waals surface area contributed by atoms with Crippen LogP contribution in [-0.2, 0) is 9.59 Å². The molecule has 3 amide bonds. The molecule has 1 fully saturated rings. The van der Waals surface area contributed by atoms with E-state index >= 15 is 0 Å². The largest absolute Gasteiger partial charge is 0.353 e. The Labute approximate surface area is 147 Å². The summed E-state index contributed by atoms with van der Waals surface area (Å²) in [6.45, 7) is 4.23. The van der Waals surface area contributed by atoms with Gasteiger partial charge in [-0.2, -0.15) is 0 Å². The van der Waals surface area contributed by atoms with Gasteiger partial charge in [-0.05, 0) is 39.4 Å². The highest BCUT2D eigenvalue weighted by atomic mass is 16.2. The molecule has 2 aliphatic heterocycles. The van der Waals surface area contributed by atoms with E-state index in [2.05, 4.69) is 10.6 Å². The summed E-state index contributed by atoms with van der Waals surface area (Å²) in [6, 6.07) is 7.23. The highest BCUT2D eigenvalue weighted by molar-refractivity contribution is 6.11. The van der Waals surface area contributed by atoms with Crippen molar-refractivity contribution in [3.8, 4) is 0 Å². The summed E-state index contributed by atoms with van der Waals surface area (Å²) in [5.74, 6) is -0.451. The van der Waals surface area contributed by atoms with Gasteiger partial charge in [-0.1, -0.05) is 12.1 Å². The van der Waals surface area contributed by atoms with Gasteiger partial charge in [0.15, 0.2) is 0 Å². The van der Waals surface area contributed by atoms with E-state index in [-0.39, 0.29) is 30.3 Å². The molecule has 2 N–H and O–H groups in total. The average molecular weight is 344 g/mol. The molecule has 0 aliphatic carbocycles. The molecule has 0 saturated carbocycles. The Morgan fingerprint density at radius 3 is 2.76 bits per heavy atom. The third kappa shape index (κ3) is 2.89. The molecule has 2 unspecified atom stereocenters. The first-order valence-corrected chi connectivity index (χ1v) is 8.56. The first-order chi connectivity index (χ1) is 11.9. The fourth-order valence-electron chi connectivity index (χ4n) is 3.51. The Hall–Kier alpha value is -2.41. The summed E-state index contributed by atoms with van der Waals surface area (Å²) in [7, 11) is 1.82. The van der Waals surface area contributed by atoms with Crippen LogP contribution in [0, 0.1) is 0 Å². The lowest BCUT2D eigenvalue weighted by molar-refractivity contribution is -0.124. The highest BCUT2D eigenvalue weighted by Crippen LogP contribution is 2.43. The molecule has 1 aromatic carbocycles. The smallest absolute Gasteiger partial charge is 0.258 e. The van der Waals surface area contributed by atoms with Gasteiger partial charge in [0, 0.05) is 19.0 Å². The zero-order valence-electron chi connectivity index (χ0n) is 14.8. The second kappa shape index (κ2) is 6.48. The molecular weight excluding hydrogens is 320 g/mol. The number of hydrogen-bond donors (Lipinski definition) is 2. The molecule has 7 nitrogen and oxygen atoms in total. The van der Waals surface area contributed by atoms with Crippen molar-refractivity contribution >= 4 is 23.4 Å². The van der Waals surface area contributed by atoms with E-state index in [9.17, 15) is 14.4 Å². The Kier molecular flexibility index (Phi) is 4.51. The topological polar surface area (TPSA) is 81.8 Å². The average Bonchev–Trinajstić information content (AvgIpc) is 2.92. The summed E-state index contributed by atoms with van der Waals surface area (Å²) in [4.78, 5) is 41.0. The molecule has 0 radical (unpaired) electrons. The highest BCUT2D eigenvalue weighted by Gasteiger charge is 2.53. The zero-order chi connectivity index (χ0) is 18.2. The Morgan fingerprint density at radius 2 is 2.04 bits per heavy atom. The number of carbonyl (C=O) groups is 3. The van der Waals surface area contributed by atoms with Gasteiger partial charge in [-0.3, -0.25) is 19.3 Å². The predicted octanol–water partition coefficient (Wildman–Crippen LogP) is 0.710. The molecule has 7 heteroatoms. The van der Waals surface area contributed by atoms with Gasteiger partial charge in [0.1, 0.15) is 12.2 Å². The van der Waals surface area contributed by atoms with E-state index in [0.29, 0.717) is 30.6 Å². The molecule has 0 aromatic heterocycles. The van der Waals surface area contributed by atoms with Gasteiger partial charge in [-0.25, -0.2) is 0 Å². The third-order valence-corrected chi connectivity index (χ3v) is 5.15. The van der Waals surface area contributed by atoms with Crippen molar-refractivity contribution in [2.24, 2.45) is 0 Å². The third-order valence-electron chi connectivity index (χ3n) is 5.15. The van der Waals surface area contributed by atoms with Crippen LogP contribution in [0.4, 0.5) is 5.69 Å². The van der Waals surface area contributed by atoms with Crippen molar-refractivity contribution in [1.29, 1.82) is 0 Å². The SMILES string of the molecule is CNC(C)CNC(=O)CN1C(=O)c2ccccc2N2C(=O)CCC12C. The molecule has 2 heterocycles. The number of nitrogens with zero attached hydrogens (tertiary/aromatic N) is 2. The van der Waals surface area contributed by atoms with E-state index in [1.54, 1.807) is 23.1 Å². The van der Waals surface area contributed by atoms with Gasteiger partial charge in [0.05, 0.1) is 11.3 Å². The fraction of sp³-hybridized carbons (Fsp3) is 0.500. The van der Waals surface area contributed by atoms with E-state index in [4.69, 9.17) is 0 Å². The van der Waals surface area contributed by atoms with Crippen LogP contribution in [0.2, 0.25) is 0 Å². The number of fused-ring (bicyclic) bond motifs is 3. The number of rotatable bonds is 5. The summed E-state index contributed by atoms with van der Waals surface area (Å²) in [5.41, 5.74) is 0.304. The van der Waals surface area contributed by atoms with Crippen molar-refractivity contribution in [3.05, 3.63) is 29.8 Å². The van der Waals surface area contributed by atoms with E-state index in [0.717, 1.165) is 0 Å². The van der Waals surface area contributed by atoms with Gasteiger partial charge >= 0.3 is 0 Å². The lowest BCUT2D eigenvalue weighted by Crippen LogP contribution is -2.64. The van der Waals surface area contributed by atoms with Crippen molar-refractivity contribution in [2.45, 2.75) is 38.4 Å². The van der Waals surface area contributed by atoms with Crippen molar-refractivity contribution < 1.29 is 14.4 Å². The standard InChI is InChI=1S/C18H24N4O3/c1-12(19-3)10-20-15(23)11-21-17(25)13-6-4-5-7-14(13)22-16(24)8-9-18(21,22)2/h4-7,12,19H,8-11H2,1-3H3,(H,20,23). The normalized spacial score (nSPS) is 23.3. The second-order valence-electron chi connectivity index (χ2n) is 6.85. The van der Waals surface area contributed by atoms with Crippen molar-refractivity contribution in [2.75, 3.05) is 25.0 Å². The lowest BCUT2D eigenvalue weighted by Gasteiger charge is -2.48. The molecule has 2 atom stereocenters. The molecule has 25 heavy (non-hydrogen) atoms.